The molecule has 0 aromatic heterocycles. The molecule has 5 heteroatoms. The molecule has 1 amide bonds. The molecular weight excluding hydrogens is 252 g/mol. The quantitative estimate of drug-likeness (QED) is 0.851. The molecule has 0 radical (unpaired) electrons. The minimum Gasteiger partial charge on any atom is -0.376 e. The van der Waals surface area contributed by atoms with Crippen molar-refractivity contribution in [2.24, 2.45) is 0 Å². The zero-order valence-corrected chi connectivity index (χ0v) is 12.0. The normalized spacial score (nSPS) is 28.3. The Morgan fingerprint density at radius 3 is 2.67 bits per heavy atom. The molecular formula is C13H25ClN2O2. The summed E-state index contributed by atoms with van der Waals surface area (Å²) in [4.78, 5) is 14.0. The van der Waals surface area contributed by atoms with E-state index in [0.717, 1.165) is 39.0 Å². The first kappa shape index (κ1) is 15.7. The lowest BCUT2D eigenvalue weighted by Gasteiger charge is -2.31. The van der Waals surface area contributed by atoms with Gasteiger partial charge in [0, 0.05) is 20.2 Å². The number of carbonyl (C=O) groups is 1. The fourth-order valence-corrected chi connectivity index (χ4v) is 2.68. The van der Waals surface area contributed by atoms with Gasteiger partial charge >= 0.3 is 0 Å². The molecule has 18 heavy (non-hydrogen) atoms. The van der Waals surface area contributed by atoms with Crippen LogP contribution in [0.15, 0.2) is 0 Å². The number of amides is 1. The van der Waals surface area contributed by atoms with Crippen molar-refractivity contribution in [3.63, 3.8) is 0 Å². The Kier molecular flexibility index (Phi) is 6.97. The highest BCUT2D eigenvalue weighted by Crippen LogP contribution is 2.15. The second kappa shape index (κ2) is 7.97. The van der Waals surface area contributed by atoms with Gasteiger partial charge in [0.2, 0.25) is 5.91 Å². The van der Waals surface area contributed by atoms with Crippen LogP contribution in [0.1, 0.15) is 38.5 Å². The summed E-state index contributed by atoms with van der Waals surface area (Å²) in [6.07, 6.45) is 7.08. The van der Waals surface area contributed by atoms with Crippen molar-refractivity contribution in [1.29, 1.82) is 0 Å². The van der Waals surface area contributed by atoms with Crippen molar-refractivity contribution in [3.8, 4) is 0 Å². The Morgan fingerprint density at radius 2 is 2.06 bits per heavy atom. The predicted molar refractivity (Wildman–Crippen MR) is 74.1 cm³/mol. The van der Waals surface area contributed by atoms with E-state index in [1.165, 1.54) is 19.3 Å². The third-order valence-corrected chi connectivity index (χ3v) is 3.74. The standard InChI is InChI=1S/C13H24N2O2.ClH/c1-15(10-11-6-3-5-9-17-11)13(16)12-7-2-4-8-14-12;/h11-12,14H,2-10H2,1H3;1H/t11?,12-;/m1./s1. The summed E-state index contributed by atoms with van der Waals surface area (Å²) >= 11 is 0. The van der Waals surface area contributed by atoms with Gasteiger partial charge in [-0.05, 0) is 38.6 Å². The van der Waals surface area contributed by atoms with Gasteiger partial charge in [0.1, 0.15) is 0 Å². The molecule has 2 rings (SSSR count). The molecule has 2 heterocycles. The third-order valence-electron chi connectivity index (χ3n) is 3.74. The first-order chi connectivity index (χ1) is 8.27. The predicted octanol–water partition coefficient (Wildman–Crippen LogP) is 1.58. The second-order valence-corrected chi connectivity index (χ2v) is 5.21. The molecule has 2 aliphatic rings. The fraction of sp³-hybridized carbons (Fsp3) is 0.923. The van der Waals surface area contributed by atoms with Gasteiger partial charge in [0.15, 0.2) is 0 Å². The highest BCUT2D eigenvalue weighted by Gasteiger charge is 2.25. The van der Waals surface area contributed by atoms with Crippen LogP contribution in [0.25, 0.3) is 0 Å². The van der Waals surface area contributed by atoms with Crippen LogP contribution in [0.3, 0.4) is 0 Å². The number of rotatable bonds is 3. The van der Waals surface area contributed by atoms with Crippen LogP contribution in [0.5, 0.6) is 0 Å². The molecule has 1 N–H and O–H groups in total. The fourth-order valence-electron chi connectivity index (χ4n) is 2.68. The lowest BCUT2D eigenvalue weighted by Crippen LogP contribution is -2.49. The molecule has 0 saturated carbocycles. The zero-order chi connectivity index (χ0) is 12.1. The smallest absolute Gasteiger partial charge is 0.239 e. The summed E-state index contributed by atoms with van der Waals surface area (Å²) in [6.45, 7) is 2.58. The first-order valence-electron chi connectivity index (χ1n) is 6.87. The van der Waals surface area contributed by atoms with Crippen molar-refractivity contribution >= 4 is 18.3 Å². The van der Waals surface area contributed by atoms with E-state index in [0.29, 0.717) is 0 Å². The Bertz CT molecular complexity index is 251. The molecule has 0 aromatic carbocycles. The van der Waals surface area contributed by atoms with Crippen molar-refractivity contribution in [3.05, 3.63) is 0 Å². The van der Waals surface area contributed by atoms with E-state index < -0.39 is 0 Å². The summed E-state index contributed by atoms with van der Waals surface area (Å²) in [5.41, 5.74) is 0. The van der Waals surface area contributed by atoms with Crippen LogP contribution in [0.4, 0.5) is 0 Å². The van der Waals surface area contributed by atoms with Crippen LogP contribution in [0, 0.1) is 0 Å². The molecule has 4 nitrogen and oxygen atoms in total. The van der Waals surface area contributed by atoms with Crippen molar-refractivity contribution in [1.82, 2.24) is 10.2 Å². The first-order valence-corrected chi connectivity index (χ1v) is 6.87. The van der Waals surface area contributed by atoms with Gasteiger partial charge in [-0.15, -0.1) is 12.4 Å². The van der Waals surface area contributed by atoms with Gasteiger partial charge in [-0.2, -0.15) is 0 Å². The number of carbonyl (C=O) groups excluding carboxylic acids is 1. The maximum Gasteiger partial charge on any atom is 0.239 e. The van der Waals surface area contributed by atoms with Crippen molar-refractivity contribution in [2.75, 3.05) is 26.7 Å². The van der Waals surface area contributed by atoms with Crippen LogP contribution in [-0.4, -0.2) is 49.7 Å². The summed E-state index contributed by atoms with van der Waals surface area (Å²) in [7, 11) is 1.90. The van der Waals surface area contributed by atoms with E-state index in [9.17, 15) is 4.79 Å². The monoisotopic (exact) mass is 276 g/mol. The van der Waals surface area contributed by atoms with E-state index in [2.05, 4.69) is 5.32 Å². The molecule has 0 bridgehead atoms. The number of ether oxygens (including phenoxy) is 1. The van der Waals surface area contributed by atoms with E-state index in [4.69, 9.17) is 4.74 Å². The Balaban J connectivity index is 0.00000162. The topological polar surface area (TPSA) is 41.6 Å². The number of halogens is 1. The molecule has 2 aliphatic heterocycles. The molecule has 0 spiro atoms. The number of nitrogens with zero attached hydrogens (tertiary/aromatic N) is 1. The van der Waals surface area contributed by atoms with Crippen LogP contribution < -0.4 is 5.32 Å². The summed E-state index contributed by atoms with van der Waals surface area (Å²) in [5, 5.41) is 3.30. The number of likely N-dealkylation sites (N-methyl/N-ethyl adjacent to an activating group) is 1. The SMILES string of the molecule is CN(CC1CCCCO1)C(=O)[C@H]1CCCCN1.Cl. The number of piperidine rings is 1. The van der Waals surface area contributed by atoms with Crippen molar-refractivity contribution in [2.45, 2.75) is 50.7 Å². The van der Waals surface area contributed by atoms with Crippen LogP contribution in [0.2, 0.25) is 0 Å². The molecule has 2 saturated heterocycles. The Labute approximate surface area is 116 Å². The van der Waals surface area contributed by atoms with Gasteiger partial charge in [-0.1, -0.05) is 6.42 Å². The summed E-state index contributed by atoms with van der Waals surface area (Å²) < 4.78 is 5.67. The molecule has 0 aromatic rings. The molecule has 106 valence electrons. The number of hydrogen-bond acceptors (Lipinski definition) is 3. The van der Waals surface area contributed by atoms with E-state index in [-0.39, 0.29) is 30.5 Å². The van der Waals surface area contributed by atoms with Gasteiger partial charge in [0.05, 0.1) is 12.1 Å². The molecule has 2 atom stereocenters. The lowest BCUT2D eigenvalue weighted by molar-refractivity contribution is -0.135. The highest BCUT2D eigenvalue weighted by molar-refractivity contribution is 5.85. The molecule has 2 fully saturated rings. The number of nitrogens with one attached hydrogen (secondary N) is 1. The van der Waals surface area contributed by atoms with E-state index in [1.54, 1.807) is 0 Å². The lowest BCUT2D eigenvalue weighted by atomic mass is 10.0. The summed E-state index contributed by atoms with van der Waals surface area (Å²) in [6, 6.07) is 0.0392. The van der Waals surface area contributed by atoms with Gasteiger partial charge in [-0.25, -0.2) is 0 Å². The summed E-state index contributed by atoms with van der Waals surface area (Å²) in [5.74, 6) is 0.235. The van der Waals surface area contributed by atoms with Crippen LogP contribution in [-0.2, 0) is 9.53 Å². The second-order valence-electron chi connectivity index (χ2n) is 5.21. The Hall–Kier alpha value is -0.320. The van der Waals surface area contributed by atoms with E-state index >= 15 is 0 Å². The average Bonchev–Trinajstić information content (AvgIpc) is 2.40. The number of hydrogen-bond donors (Lipinski definition) is 1. The van der Waals surface area contributed by atoms with Gasteiger partial charge in [-0.3, -0.25) is 4.79 Å². The van der Waals surface area contributed by atoms with E-state index in [1.807, 2.05) is 11.9 Å². The molecule has 0 aliphatic carbocycles. The average molecular weight is 277 g/mol. The minimum atomic E-state index is 0. The Morgan fingerprint density at radius 1 is 1.28 bits per heavy atom. The maximum absolute atomic E-state index is 12.2. The van der Waals surface area contributed by atoms with Gasteiger partial charge < -0.3 is 15.0 Å². The van der Waals surface area contributed by atoms with Crippen LogP contribution >= 0.6 is 12.4 Å². The maximum atomic E-state index is 12.2. The van der Waals surface area contributed by atoms with Gasteiger partial charge in [0.25, 0.3) is 0 Å². The highest BCUT2D eigenvalue weighted by atomic mass is 35.5. The zero-order valence-electron chi connectivity index (χ0n) is 11.2. The minimum absolute atomic E-state index is 0. The largest absolute Gasteiger partial charge is 0.376 e. The molecule has 1 unspecified atom stereocenters. The third kappa shape index (κ3) is 4.41. The van der Waals surface area contributed by atoms with Crippen molar-refractivity contribution < 1.29 is 9.53 Å².